The van der Waals surface area contributed by atoms with Crippen LogP contribution in [0.15, 0.2) is 12.4 Å². The van der Waals surface area contributed by atoms with E-state index in [0.717, 1.165) is 17.8 Å². The fraction of sp³-hybridized carbons (Fsp3) is 0.769. The first-order valence-corrected chi connectivity index (χ1v) is 6.34. The van der Waals surface area contributed by atoms with Crippen LogP contribution in [-0.2, 0) is 26.5 Å². The molecule has 4 fully saturated rings. The number of aromatic nitrogens is 2. The van der Waals surface area contributed by atoms with Gasteiger partial charge in [0.2, 0.25) is 0 Å². The molecule has 94 valence electrons. The summed E-state index contributed by atoms with van der Waals surface area (Å²) in [5, 5.41) is 0. The van der Waals surface area contributed by atoms with Gasteiger partial charge >= 0.3 is 0 Å². The predicted molar refractivity (Wildman–Crippen MR) is 69.5 cm³/mol. The second-order valence-corrected chi connectivity index (χ2v) is 6.14. The molecule has 4 saturated carbocycles. The number of nitrogens with one attached hydrogen (secondary N) is 1. The Bertz CT molecular complexity index is 341. The van der Waals surface area contributed by atoms with Gasteiger partial charge in [-0.25, -0.2) is 4.98 Å². The fourth-order valence-corrected chi connectivity index (χ4v) is 4.96. The molecule has 1 N–H and O–H groups in total. The smallest absolute Gasteiger partial charge is 0.112 e. The van der Waals surface area contributed by atoms with Crippen LogP contribution >= 0.6 is 9.90 Å². The minimum absolute atomic E-state index is 0. The summed E-state index contributed by atoms with van der Waals surface area (Å²) in [5.41, 5.74) is 0.457. The monoisotopic (exact) mass is 420 g/mol. The Morgan fingerprint density at radius 1 is 1.06 bits per heavy atom. The Hall–Kier alpha value is 0.328. The van der Waals surface area contributed by atoms with Gasteiger partial charge in [0.25, 0.3) is 0 Å². The van der Waals surface area contributed by atoms with E-state index in [9.17, 15) is 0 Å². The number of rotatable bonds is 1. The molecular weight excluding hydrogens is 399 g/mol. The summed E-state index contributed by atoms with van der Waals surface area (Å²) in [4.78, 5) is 7.93. The largest absolute Gasteiger partial charge is 0.348 e. The topological polar surface area (TPSA) is 28.7 Å². The first-order chi connectivity index (χ1) is 7.34. The molecular formula is C13H21N2PW. The summed E-state index contributed by atoms with van der Waals surface area (Å²) in [7, 11) is 0. The number of hydrogen-bond donors (Lipinski definition) is 1. The van der Waals surface area contributed by atoms with E-state index >= 15 is 0 Å². The summed E-state index contributed by atoms with van der Waals surface area (Å²) in [6.45, 7) is 0. The second kappa shape index (κ2) is 4.78. The summed E-state index contributed by atoms with van der Waals surface area (Å²) >= 11 is 0. The van der Waals surface area contributed by atoms with E-state index in [4.69, 9.17) is 0 Å². The zero-order chi connectivity index (χ0) is 9.88. The Kier molecular flexibility index (Phi) is 3.87. The summed E-state index contributed by atoms with van der Waals surface area (Å²) < 4.78 is 0. The standard InChI is InChI=1S/C13H18N2.H3P.W/c1-2-15-12(14-1)13-6-9-3-10(7-13)5-11(4-9)8-13;;/h1-2,9-11H,3-8H2,(H,14,15);1H3;. The van der Waals surface area contributed by atoms with E-state index in [1.165, 1.54) is 44.3 Å². The molecule has 1 heterocycles. The summed E-state index contributed by atoms with van der Waals surface area (Å²) in [6, 6.07) is 0. The molecule has 0 aliphatic heterocycles. The molecule has 0 aromatic carbocycles. The molecule has 1 atom stereocenters. The van der Waals surface area contributed by atoms with Gasteiger partial charge in [-0.05, 0) is 56.3 Å². The fourth-order valence-electron chi connectivity index (χ4n) is 4.96. The Labute approximate surface area is 121 Å². The van der Waals surface area contributed by atoms with E-state index in [1.54, 1.807) is 0 Å². The van der Waals surface area contributed by atoms with Crippen molar-refractivity contribution in [1.29, 1.82) is 0 Å². The van der Waals surface area contributed by atoms with Crippen LogP contribution in [0.5, 0.6) is 0 Å². The van der Waals surface area contributed by atoms with Crippen molar-refractivity contribution in [3.05, 3.63) is 18.2 Å². The molecule has 5 rings (SSSR count). The molecule has 0 saturated heterocycles. The van der Waals surface area contributed by atoms with E-state index in [0.29, 0.717) is 5.41 Å². The average molecular weight is 420 g/mol. The van der Waals surface area contributed by atoms with Crippen LogP contribution in [-0.4, -0.2) is 9.97 Å². The van der Waals surface area contributed by atoms with Crippen LogP contribution in [0.4, 0.5) is 0 Å². The minimum atomic E-state index is 0. The first-order valence-electron chi connectivity index (χ1n) is 6.34. The van der Waals surface area contributed by atoms with Crippen molar-refractivity contribution >= 4 is 9.90 Å². The van der Waals surface area contributed by atoms with Crippen molar-refractivity contribution in [3.63, 3.8) is 0 Å². The van der Waals surface area contributed by atoms with Gasteiger partial charge in [0.15, 0.2) is 0 Å². The molecule has 1 unspecified atom stereocenters. The third kappa shape index (κ3) is 2.06. The zero-order valence-electron chi connectivity index (χ0n) is 10.2. The molecule has 0 radical (unpaired) electrons. The van der Waals surface area contributed by atoms with Gasteiger partial charge in [0.05, 0.1) is 0 Å². The molecule has 17 heavy (non-hydrogen) atoms. The van der Waals surface area contributed by atoms with Crippen molar-refractivity contribution in [2.75, 3.05) is 0 Å². The zero-order valence-corrected chi connectivity index (χ0v) is 14.5. The van der Waals surface area contributed by atoms with E-state index in [1.807, 2.05) is 12.4 Å². The van der Waals surface area contributed by atoms with Gasteiger partial charge < -0.3 is 4.98 Å². The van der Waals surface area contributed by atoms with Crippen molar-refractivity contribution in [3.8, 4) is 0 Å². The Balaban J connectivity index is 0.000000540. The van der Waals surface area contributed by atoms with Gasteiger partial charge in [-0.2, -0.15) is 9.90 Å². The van der Waals surface area contributed by atoms with Crippen molar-refractivity contribution in [2.24, 2.45) is 17.8 Å². The molecule has 0 spiro atoms. The van der Waals surface area contributed by atoms with E-state index in [2.05, 4.69) is 9.97 Å². The summed E-state index contributed by atoms with van der Waals surface area (Å²) in [5.74, 6) is 4.34. The van der Waals surface area contributed by atoms with Crippen LogP contribution in [0.2, 0.25) is 0 Å². The first kappa shape index (κ1) is 13.8. The van der Waals surface area contributed by atoms with Gasteiger partial charge in [-0.1, -0.05) is 0 Å². The van der Waals surface area contributed by atoms with Crippen LogP contribution in [0.1, 0.15) is 44.3 Å². The Morgan fingerprint density at radius 2 is 1.59 bits per heavy atom. The number of H-pyrrole nitrogens is 1. The van der Waals surface area contributed by atoms with Gasteiger partial charge in [0.1, 0.15) is 5.82 Å². The minimum Gasteiger partial charge on any atom is -0.348 e. The molecule has 4 aliphatic carbocycles. The predicted octanol–water partition coefficient (Wildman–Crippen LogP) is 2.93. The van der Waals surface area contributed by atoms with E-state index < -0.39 is 0 Å². The van der Waals surface area contributed by atoms with E-state index in [-0.39, 0.29) is 31.0 Å². The molecule has 4 heteroatoms. The summed E-state index contributed by atoms with van der Waals surface area (Å²) in [6.07, 6.45) is 12.7. The van der Waals surface area contributed by atoms with Gasteiger partial charge in [-0.15, -0.1) is 0 Å². The number of imidazole rings is 1. The van der Waals surface area contributed by atoms with Crippen LogP contribution < -0.4 is 0 Å². The molecule has 4 aliphatic rings. The molecule has 2 nitrogen and oxygen atoms in total. The third-order valence-electron chi connectivity index (χ3n) is 5.04. The van der Waals surface area contributed by atoms with Gasteiger partial charge in [-0.3, -0.25) is 0 Å². The Morgan fingerprint density at radius 3 is 2.00 bits per heavy atom. The number of hydrogen-bond acceptors (Lipinski definition) is 1. The van der Waals surface area contributed by atoms with Gasteiger partial charge in [0, 0.05) is 38.9 Å². The van der Waals surface area contributed by atoms with Crippen molar-refractivity contribution in [1.82, 2.24) is 9.97 Å². The average Bonchev–Trinajstić information content (AvgIpc) is 2.67. The maximum Gasteiger partial charge on any atom is 0.112 e. The molecule has 1 aromatic heterocycles. The molecule has 0 amide bonds. The number of aromatic amines is 1. The quantitative estimate of drug-likeness (QED) is 0.696. The van der Waals surface area contributed by atoms with Crippen molar-refractivity contribution < 1.29 is 21.1 Å². The van der Waals surface area contributed by atoms with Crippen LogP contribution in [0, 0.1) is 17.8 Å². The van der Waals surface area contributed by atoms with Crippen LogP contribution in [0.3, 0.4) is 0 Å². The maximum atomic E-state index is 4.55. The maximum absolute atomic E-state index is 4.55. The SMILES string of the molecule is P.[W].c1c[nH]c(C23CC4CC(CC(C4)C2)C3)n1. The second-order valence-electron chi connectivity index (χ2n) is 6.14. The van der Waals surface area contributed by atoms with Crippen molar-refractivity contribution in [2.45, 2.75) is 43.9 Å². The molecule has 4 bridgehead atoms. The normalized spacial score (nSPS) is 41.8. The third-order valence-corrected chi connectivity index (χ3v) is 5.04. The molecule has 1 aromatic rings. The van der Waals surface area contributed by atoms with Crippen LogP contribution in [0.25, 0.3) is 0 Å². The number of nitrogens with zero attached hydrogens (tertiary/aromatic N) is 1.